The van der Waals surface area contributed by atoms with E-state index in [0.717, 1.165) is 5.69 Å². The van der Waals surface area contributed by atoms with Crippen molar-refractivity contribution >= 4 is 16.8 Å². The maximum Gasteiger partial charge on any atom is 0.490 e. The second-order valence-corrected chi connectivity index (χ2v) is 8.07. The molecule has 0 saturated carbocycles. The number of ether oxygens (including phenoxy) is 1. The first kappa shape index (κ1) is 21.2. The Bertz CT molecular complexity index is 1100. The lowest BCUT2D eigenvalue weighted by Gasteiger charge is -2.30. The smallest absolute Gasteiger partial charge is 0.490 e. The average Bonchev–Trinajstić information content (AvgIpc) is 2.76. The molecule has 1 aliphatic rings. The Balaban J connectivity index is 1.58. The number of hydrogen-bond donors (Lipinski definition) is 2. The fourth-order valence-electron chi connectivity index (χ4n) is 3.32. The molecule has 0 aliphatic carbocycles. The number of nitrogens with one attached hydrogen (secondary N) is 1. The summed E-state index contributed by atoms with van der Waals surface area (Å²) in [5.41, 5.74) is -3.06. The number of hydrogen-bond acceptors (Lipinski definition) is 6. The predicted molar refractivity (Wildman–Crippen MR) is 107 cm³/mol. The maximum absolute atomic E-state index is 12.7. The number of anilines is 1. The Morgan fingerprint density at radius 3 is 2.68 bits per heavy atom. The standard InChI is InChI=1S/C20H17F3N4O3S/c21-20(22,23)31(29)27-19-17(25-7-8-26-19)12-4-5-15-16(10-12)30-11-13(18(15)28)9-14-3-1-2-6-24-14/h1-8,10,13,18,28H,9,11H2,(H,26,27). The Hall–Kier alpha value is -3.05. The van der Waals surface area contributed by atoms with Crippen LogP contribution in [0.2, 0.25) is 0 Å². The van der Waals surface area contributed by atoms with Crippen LogP contribution in [0.4, 0.5) is 19.0 Å². The maximum atomic E-state index is 12.7. The predicted octanol–water partition coefficient (Wildman–Crippen LogP) is 3.42. The van der Waals surface area contributed by atoms with Crippen molar-refractivity contribution in [1.29, 1.82) is 0 Å². The number of halogens is 3. The molecular formula is C20H17F3N4O3S. The average molecular weight is 450 g/mol. The van der Waals surface area contributed by atoms with Gasteiger partial charge in [0.05, 0.1) is 12.7 Å². The van der Waals surface area contributed by atoms with E-state index in [2.05, 4.69) is 15.0 Å². The summed E-state index contributed by atoms with van der Waals surface area (Å²) in [5, 5.41) is 10.8. The minimum Gasteiger partial charge on any atom is -0.493 e. The van der Waals surface area contributed by atoms with Crippen LogP contribution in [0.15, 0.2) is 55.0 Å². The molecule has 2 aromatic heterocycles. The van der Waals surface area contributed by atoms with Gasteiger partial charge >= 0.3 is 5.51 Å². The molecule has 0 radical (unpaired) electrons. The van der Waals surface area contributed by atoms with Gasteiger partial charge in [-0.1, -0.05) is 18.2 Å². The second-order valence-electron chi connectivity index (χ2n) is 6.86. The molecule has 3 unspecified atom stereocenters. The van der Waals surface area contributed by atoms with E-state index >= 15 is 0 Å². The van der Waals surface area contributed by atoms with E-state index in [-0.39, 0.29) is 24.0 Å². The number of aromatic nitrogens is 3. The lowest BCUT2D eigenvalue weighted by Crippen LogP contribution is -2.28. The van der Waals surface area contributed by atoms with Crippen molar-refractivity contribution in [3.05, 3.63) is 66.2 Å². The fraction of sp³-hybridized carbons (Fsp3) is 0.250. The first-order valence-corrected chi connectivity index (χ1v) is 10.4. The molecule has 0 bridgehead atoms. The van der Waals surface area contributed by atoms with Gasteiger partial charge in [-0.15, -0.1) is 0 Å². The zero-order chi connectivity index (χ0) is 22.0. The number of benzene rings is 1. The molecular weight excluding hydrogens is 433 g/mol. The van der Waals surface area contributed by atoms with Crippen molar-refractivity contribution < 1.29 is 27.2 Å². The summed E-state index contributed by atoms with van der Waals surface area (Å²) in [7, 11) is -3.33. The molecule has 11 heteroatoms. The highest BCUT2D eigenvalue weighted by molar-refractivity contribution is 7.87. The molecule has 1 aliphatic heterocycles. The van der Waals surface area contributed by atoms with Crippen LogP contribution < -0.4 is 9.46 Å². The van der Waals surface area contributed by atoms with Crippen LogP contribution in [-0.2, 0) is 17.4 Å². The van der Waals surface area contributed by atoms with Gasteiger partial charge in [0.25, 0.3) is 0 Å². The summed E-state index contributed by atoms with van der Waals surface area (Å²) < 4.78 is 57.1. The number of aliphatic hydroxyl groups excluding tert-OH is 1. The van der Waals surface area contributed by atoms with Crippen molar-refractivity contribution in [2.45, 2.75) is 18.0 Å². The lowest BCUT2D eigenvalue weighted by molar-refractivity contribution is -0.0379. The summed E-state index contributed by atoms with van der Waals surface area (Å²) in [6.07, 6.45) is 3.93. The number of alkyl halides is 3. The van der Waals surface area contributed by atoms with Crippen LogP contribution in [0.3, 0.4) is 0 Å². The Morgan fingerprint density at radius 2 is 1.94 bits per heavy atom. The van der Waals surface area contributed by atoms with Gasteiger partial charge in [0.15, 0.2) is 5.82 Å². The number of rotatable bonds is 5. The number of aliphatic hydroxyl groups is 1. The third-order valence-corrected chi connectivity index (χ3v) is 5.60. The summed E-state index contributed by atoms with van der Waals surface area (Å²) in [6, 6.07) is 10.4. The largest absolute Gasteiger partial charge is 0.493 e. The van der Waals surface area contributed by atoms with Gasteiger partial charge in [-0.3, -0.25) is 14.7 Å². The second kappa shape index (κ2) is 8.60. The minimum atomic E-state index is -4.94. The minimum absolute atomic E-state index is 0.0802. The normalized spacial score (nSPS) is 19.2. The highest BCUT2D eigenvalue weighted by Crippen LogP contribution is 2.39. The van der Waals surface area contributed by atoms with E-state index in [4.69, 9.17) is 4.74 Å². The highest BCUT2D eigenvalue weighted by Gasteiger charge is 2.38. The van der Waals surface area contributed by atoms with E-state index in [1.807, 2.05) is 22.9 Å². The van der Waals surface area contributed by atoms with E-state index in [0.29, 0.717) is 23.3 Å². The number of fused-ring (bicyclic) bond motifs is 1. The van der Waals surface area contributed by atoms with E-state index < -0.39 is 22.6 Å². The molecule has 0 amide bonds. The lowest BCUT2D eigenvalue weighted by atomic mass is 9.89. The molecule has 162 valence electrons. The van der Waals surface area contributed by atoms with Crippen LogP contribution in [-0.4, -0.2) is 36.4 Å². The molecule has 0 fully saturated rings. The monoisotopic (exact) mass is 450 g/mol. The zero-order valence-corrected chi connectivity index (χ0v) is 16.7. The first-order chi connectivity index (χ1) is 14.8. The van der Waals surface area contributed by atoms with Gasteiger partial charge in [-0.25, -0.2) is 9.19 Å². The molecule has 2 N–H and O–H groups in total. The summed E-state index contributed by atoms with van der Waals surface area (Å²) >= 11 is 0. The third-order valence-electron chi connectivity index (χ3n) is 4.80. The quantitative estimate of drug-likeness (QED) is 0.618. The summed E-state index contributed by atoms with van der Waals surface area (Å²) in [6.45, 7) is 0.248. The zero-order valence-electron chi connectivity index (χ0n) is 15.9. The summed E-state index contributed by atoms with van der Waals surface area (Å²) in [4.78, 5) is 12.2. The third kappa shape index (κ3) is 4.67. The van der Waals surface area contributed by atoms with Crippen molar-refractivity contribution in [1.82, 2.24) is 15.0 Å². The molecule has 0 spiro atoms. The molecule has 4 rings (SSSR count). The van der Waals surface area contributed by atoms with Gasteiger partial charge in [0.2, 0.25) is 11.0 Å². The van der Waals surface area contributed by atoms with Crippen molar-refractivity contribution in [3.8, 4) is 17.0 Å². The van der Waals surface area contributed by atoms with Crippen LogP contribution in [0.1, 0.15) is 17.4 Å². The van der Waals surface area contributed by atoms with Gasteiger partial charge < -0.3 is 9.84 Å². The molecule has 0 saturated heterocycles. The highest BCUT2D eigenvalue weighted by atomic mass is 32.2. The number of pyridine rings is 1. The van der Waals surface area contributed by atoms with Gasteiger partial charge in [-0.2, -0.15) is 13.2 Å². The molecule has 3 heterocycles. The molecule has 31 heavy (non-hydrogen) atoms. The van der Waals surface area contributed by atoms with Crippen molar-refractivity contribution in [2.24, 2.45) is 5.92 Å². The van der Waals surface area contributed by atoms with Crippen LogP contribution in [0.25, 0.3) is 11.3 Å². The van der Waals surface area contributed by atoms with Gasteiger partial charge in [0, 0.05) is 41.3 Å². The van der Waals surface area contributed by atoms with Crippen molar-refractivity contribution in [2.75, 3.05) is 11.3 Å². The Morgan fingerprint density at radius 1 is 1.13 bits per heavy atom. The van der Waals surface area contributed by atoms with E-state index in [1.165, 1.54) is 12.4 Å². The topological polar surface area (TPSA) is 97.2 Å². The first-order valence-electron chi connectivity index (χ1n) is 9.24. The Kier molecular flexibility index (Phi) is 5.88. The van der Waals surface area contributed by atoms with Gasteiger partial charge in [-0.05, 0) is 24.6 Å². The van der Waals surface area contributed by atoms with Gasteiger partial charge in [0.1, 0.15) is 11.4 Å². The molecule has 1 aromatic carbocycles. The van der Waals surface area contributed by atoms with Crippen molar-refractivity contribution in [3.63, 3.8) is 0 Å². The fourth-order valence-corrected chi connectivity index (χ4v) is 3.76. The van der Waals surface area contributed by atoms with Crippen LogP contribution in [0, 0.1) is 5.92 Å². The van der Waals surface area contributed by atoms with Crippen LogP contribution in [0.5, 0.6) is 5.75 Å². The molecule has 7 nitrogen and oxygen atoms in total. The molecule has 3 aromatic rings. The van der Waals surface area contributed by atoms with E-state index in [1.54, 1.807) is 24.4 Å². The Labute approximate surface area is 177 Å². The van der Waals surface area contributed by atoms with Crippen LogP contribution >= 0.6 is 0 Å². The SMILES string of the molecule is O=S(Nc1nccnc1-c1ccc2c(c1)OCC(Cc1ccccn1)C2O)C(F)(F)F. The van der Waals surface area contributed by atoms with E-state index in [9.17, 15) is 22.5 Å². The summed E-state index contributed by atoms with van der Waals surface area (Å²) in [5.74, 6) is -0.0745. The number of nitrogens with zero attached hydrogens (tertiary/aromatic N) is 3. The molecule has 3 atom stereocenters.